The van der Waals surface area contributed by atoms with Gasteiger partial charge in [-0.3, -0.25) is 0 Å². The average Bonchev–Trinajstić information content (AvgIpc) is 2.60. The number of hydrogen-bond acceptors (Lipinski definition) is 4. The first kappa shape index (κ1) is 13.6. The molecule has 1 unspecified atom stereocenters. The second-order valence-electron chi connectivity index (χ2n) is 4.23. The highest BCUT2D eigenvalue weighted by Gasteiger charge is 2.40. The SMILES string of the molecule is CC(C)=C1OC(=O)N(c2cc(O)c(Cl)cc2F)C1O. The molecule has 2 N–H and O–H groups in total. The number of aliphatic hydroxyl groups excluding tert-OH is 1. The van der Waals surface area contributed by atoms with Gasteiger partial charge in [0.15, 0.2) is 12.0 Å². The van der Waals surface area contributed by atoms with Crippen molar-refractivity contribution in [1.82, 2.24) is 0 Å². The maximum Gasteiger partial charge on any atom is 0.422 e. The van der Waals surface area contributed by atoms with Gasteiger partial charge in [0.2, 0.25) is 0 Å². The number of aromatic hydroxyl groups is 1. The zero-order chi connectivity index (χ0) is 14.3. The van der Waals surface area contributed by atoms with Crippen LogP contribution in [0.3, 0.4) is 0 Å². The second kappa shape index (κ2) is 4.71. The van der Waals surface area contributed by atoms with E-state index in [1.165, 1.54) is 0 Å². The number of carbonyl (C=O) groups excluding carboxylic acids is 1. The lowest BCUT2D eigenvalue weighted by Crippen LogP contribution is -2.33. The fourth-order valence-electron chi connectivity index (χ4n) is 1.71. The van der Waals surface area contributed by atoms with Crippen LogP contribution in [0.1, 0.15) is 13.8 Å². The molecule has 0 spiro atoms. The molecule has 0 aromatic heterocycles. The summed E-state index contributed by atoms with van der Waals surface area (Å²) in [6.45, 7) is 3.29. The smallest absolute Gasteiger partial charge is 0.422 e. The van der Waals surface area contributed by atoms with Gasteiger partial charge >= 0.3 is 6.09 Å². The van der Waals surface area contributed by atoms with E-state index in [1.54, 1.807) is 13.8 Å². The van der Waals surface area contributed by atoms with Gasteiger partial charge in [-0.1, -0.05) is 11.6 Å². The number of halogens is 2. The zero-order valence-corrected chi connectivity index (χ0v) is 10.9. The molecular weight excluding hydrogens is 277 g/mol. The van der Waals surface area contributed by atoms with E-state index < -0.39 is 23.9 Å². The first-order valence-corrected chi connectivity index (χ1v) is 5.75. The number of anilines is 1. The molecule has 1 saturated heterocycles. The minimum Gasteiger partial charge on any atom is -0.506 e. The number of ether oxygens (including phenoxy) is 1. The zero-order valence-electron chi connectivity index (χ0n) is 10.1. The summed E-state index contributed by atoms with van der Waals surface area (Å²) in [5, 5.41) is 19.2. The Hall–Kier alpha value is -1.79. The number of cyclic esters (lactones) is 1. The van der Waals surface area contributed by atoms with Crippen LogP contribution in [0.5, 0.6) is 5.75 Å². The van der Waals surface area contributed by atoms with Gasteiger partial charge < -0.3 is 14.9 Å². The highest BCUT2D eigenvalue weighted by Crippen LogP contribution is 2.36. The molecule has 2 rings (SSSR count). The third kappa shape index (κ3) is 2.24. The van der Waals surface area contributed by atoms with Gasteiger partial charge in [0.1, 0.15) is 11.6 Å². The molecular formula is C12H11ClFNO4. The largest absolute Gasteiger partial charge is 0.506 e. The van der Waals surface area contributed by atoms with Gasteiger partial charge in [-0.05, 0) is 25.5 Å². The minimum absolute atomic E-state index is 0.0406. The summed E-state index contributed by atoms with van der Waals surface area (Å²) in [6, 6.07) is 1.81. The molecule has 1 heterocycles. The Morgan fingerprint density at radius 2 is 2.11 bits per heavy atom. The second-order valence-corrected chi connectivity index (χ2v) is 4.64. The first-order chi connectivity index (χ1) is 8.82. The average molecular weight is 288 g/mol. The Morgan fingerprint density at radius 3 is 2.63 bits per heavy atom. The molecule has 19 heavy (non-hydrogen) atoms. The molecule has 0 aliphatic carbocycles. The van der Waals surface area contributed by atoms with Crippen molar-refractivity contribution in [1.29, 1.82) is 0 Å². The van der Waals surface area contributed by atoms with Crippen molar-refractivity contribution in [2.24, 2.45) is 0 Å². The lowest BCUT2D eigenvalue weighted by atomic mass is 10.2. The van der Waals surface area contributed by atoms with Gasteiger partial charge in [-0.25, -0.2) is 14.1 Å². The Morgan fingerprint density at radius 1 is 1.47 bits per heavy atom. The third-order valence-electron chi connectivity index (χ3n) is 2.64. The van der Waals surface area contributed by atoms with E-state index >= 15 is 0 Å². The maximum absolute atomic E-state index is 13.8. The van der Waals surface area contributed by atoms with Crippen LogP contribution < -0.4 is 4.90 Å². The first-order valence-electron chi connectivity index (χ1n) is 5.37. The van der Waals surface area contributed by atoms with Crippen molar-refractivity contribution in [3.05, 3.63) is 34.3 Å². The van der Waals surface area contributed by atoms with Gasteiger partial charge in [0.25, 0.3) is 0 Å². The Bertz CT molecular complexity index is 583. The molecule has 1 aliphatic rings. The lowest BCUT2D eigenvalue weighted by molar-refractivity contribution is 0.184. The molecule has 0 saturated carbocycles. The number of carbonyl (C=O) groups is 1. The van der Waals surface area contributed by atoms with Gasteiger partial charge in [0.05, 0.1) is 10.7 Å². The van der Waals surface area contributed by atoms with Crippen LogP contribution in [0.15, 0.2) is 23.5 Å². The molecule has 1 aliphatic heterocycles. The Balaban J connectivity index is 2.51. The molecule has 5 nitrogen and oxygen atoms in total. The molecule has 1 fully saturated rings. The monoisotopic (exact) mass is 287 g/mol. The predicted molar refractivity (Wildman–Crippen MR) is 66.4 cm³/mol. The third-order valence-corrected chi connectivity index (χ3v) is 2.94. The van der Waals surface area contributed by atoms with Crippen molar-refractivity contribution in [2.45, 2.75) is 20.1 Å². The summed E-state index contributed by atoms with van der Waals surface area (Å²) in [5.41, 5.74) is 0.276. The highest BCUT2D eigenvalue weighted by molar-refractivity contribution is 6.32. The van der Waals surface area contributed by atoms with Gasteiger partial charge in [-0.2, -0.15) is 0 Å². The number of benzene rings is 1. The topological polar surface area (TPSA) is 70.0 Å². The lowest BCUT2D eigenvalue weighted by Gasteiger charge is -2.18. The van der Waals surface area contributed by atoms with Crippen LogP contribution in [0.4, 0.5) is 14.9 Å². The van der Waals surface area contributed by atoms with Gasteiger partial charge in [0, 0.05) is 6.07 Å². The van der Waals surface area contributed by atoms with Crippen molar-refractivity contribution in [3.8, 4) is 5.75 Å². The molecule has 1 amide bonds. The van der Waals surface area contributed by atoms with E-state index in [2.05, 4.69) is 0 Å². The molecule has 0 bridgehead atoms. The fraction of sp³-hybridized carbons (Fsp3) is 0.250. The van der Waals surface area contributed by atoms with Crippen LogP contribution in [0, 0.1) is 5.82 Å². The van der Waals surface area contributed by atoms with Crippen LogP contribution in [0.2, 0.25) is 5.02 Å². The molecule has 1 aromatic carbocycles. The van der Waals surface area contributed by atoms with Crippen molar-refractivity contribution < 1.29 is 24.1 Å². The van der Waals surface area contributed by atoms with E-state index in [0.29, 0.717) is 10.5 Å². The quantitative estimate of drug-likeness (QED) is 0.833. The molecule has 102 valence electrons. The minimum atomic E-state index is -1.44. The summed E-state index contributed by atoms with van der Waals surface area (Å²) in [4.78, 5) is 12.4. The number of nitrogens with zero attached hydrogens (tertiary/aromatic N) is 1. The van der Waals surface area contributed by atoms with E-state index in [1.807, 2.05) is 0 Å². The van der Waals surface area contributed by atoms with Crippen molar-refractivity contribution in [3.63, 3.8) is 0 Å². The van der Waals surface area contributed by atoms with E-state index in [0.717, 1.165) is 12.1 Å². The predicted octanol–water partition coefficient (Wildman–Crippen LogP) is 2.75. The Labute approximate surface area is 113 Å². The molecule has 1 atom stereocenters. The summed E-state index contributed by atoms with van der Waals surface area (Å²) in [7, 11) is 0. The number of phenols is 1. The fourth-order valence-corrected chi connectivity index (χ4v) is 1.86. The van der Waals surface area contributed by atoms with E-state index in [9.17, 15) is 19.4 Å². The highest BCUT2D eigenvalue weighted by atomic mass is 35.5. The normalized spacial score (nSPS) is 18.8. The number of hydrogen-bond donors (Lipinski definition) is 2. The number of allylic oxidation sites excluding steroid dienone is 1. The Kier molecular flexibility index (Phi) is 3.38. The number of rotatable bonds is 1. The molecule has 1 aromatic rings. The number of phenolic OH excluding ortho intramolecular Hbond substituents is 1. The van der Waals surface area contributed by atoms with Crippen LogP contribution >= 0.6 is 11.6 Å². The van der Waals surface area contributed by atoms with Crippen LogP contribution in [-0.2, 0) is 4.74 Å². The summed E-state index contributed by atoms with van der Waals surface area (Å²) in [6.07, 6.45) is -2.36. The maximum atomic E-state index is 13.8. The molecule has 7 heteroatoms. The summed E-state index contributed by atoms with van der Waals surface area (Å²) in [5.74, 6) is -1.21. The van der Waals surface area contributed by atoms with Crippen molar-refractivity contribution in [2.75, 3.05) is 4.90 Å². The van der Waals surface area contributed by atoms with E-state index in [-0.39, 0.29) is 16.5 Å². The molecule has 0 radical (unpaired) electrons. The van der Waals surface area contributed by atoms with Gasteiger partial charge in [-0.15, -0.1) is 0 Å². The number of aliphatic hydroxyl groups is 1. The standard InChI is InChI=1S/C12H11ClFNO4/c1-5(2)10-11(17)15(12(18)19-10)8-4-9(16)6(13)3-7(8)14/h3-4,11,16-17H,1-2H3. The summed E-state index contributed by atoms with van der Waals surface area (Å²) >= 11 is 5.55. The van der Waals surface area contributed by atoms with Crippen LogP contribution in [-0.4, -0.2) is 22.5 Å². The van der Waals surface area contributed by atoms with E-state index in [4.69, 9.17) is 16.3 Å². The van der Waals surface area contributed by atoms with Crippen molar-refractivity contribution >= 4 is 23.4 Å². The number of amides is 1. The summed E-state index contributed by atoms with van der Waals surface area (Å²) < 4.78 is 18.6. The van der Waals surface area contributed by atoms with Crippen LogP contribution in [0.25, 0.3) is 0 Å².